The average Bonchev–Trinajstić information content (AvgIpc) is 0.766. The molecule has 1 saturated carbocycles. The molecule has 1 aliphatic carbocycles. The van der Waals surface area contributed by atoms with Gasteiger partial charge in [-0.3, -0.25) is 23.4 Å². The van der Waals surface area contributed by atoms with Crippen molar-refractivity contribution >= 4 is 25.7 Å². The second-order valence-corrected chi connectivity index (χ2v) is 28.8. The van der Waals surface area contributed by atoms with E-state index < -0.39 is 156 Å². The molecule has 3 aliphatic rings. The third-order valence-corrected chi connectivity index (χ3v) is 19.9. The maximum absolute atomic E-state index is 14.3. The van der Waals surface area contributed by atoms with Gasteiger partial charge in [-0.05, 0) is 19.3 Å². The Balaban J connectivity index is 1.72. The molecule has 3 fully saturated rings. The van der Waals surface area contributed by atoms with E-state index in [9.17, 15) is 74.9 Å². The summed E-state index contributed by atoms with van der Waals surface area (Å²) in [7, 11) is -5.69. The van der Waals surface area contributed by atoms with Gasteiger partial charge in [0, 0.05) is 19.3 Å². The molecule has 566 valence electrons. The Morgan fingerprint density at radius 1 is 0.365 bits per heavy atom. The van der Waals surface area contributed by atoms with E-state index in [0.717, 1.165) is 96.3 Å². The highest BCUT2D eigenvalue weighted by Crippen LogP contribution is 2.49. The maximum Gasteiger partial charge on any atom is 0.472 e. The van der Waals surface area contributed by atoms with E-state index in [0.29, 0.717) is 19.3 Å². The topological polar surface area (TPSA) is 374 Å². The largest absolute Gasteiger partial charge is 0.472 e. The summed E-state index contributed by atoms with van der Waals surface area (Å²) in [6.07, 6.45) is 10.3. The lowest BCUT2D eigenvalue weighted by atomic mass is 9.84. The van der Waals surface area contributed by atoms with Gasteiger partial charge in [-0.25, -0.2) is 4.57 Å². The van der Waals surface area contributed by atoms with Gasteiger partial charge in [-0.2, -0.15) is 0 Å². The van der Waals surface area contributed by atoms with Crippen molar-refractivity contribution in [3.8, 4) is 0 Å². The molecule has 0 spiro atoms. The number of hydrogen-bond acceptors (Lipinski definition) is 23. The van der Waals surface area contributed by atoms with Crippen LogP contribution in [0, 0.1) is 0 Å². The SMILES string of the molecule is CCCCCCCCCCCCCCCCCCC(=O)OCC1OC(OC2C(O)C(O)C(O)C(OC3OC(CO)C(O)C(O)C3O)C2OP(=O)(O)OCC(COC(=O)CCCCCCCCCCCCC)OC(=O)CCCCCCCCCCCCCCCC)C(O)C(O)C1O. The zero-order valence-corrected chi connectivity index (χ0v) is 59.8. The summed E-state index contributed by atoms with van der Waals surface area (Å²) in [5.41, 5.74) is 0. The minimum absolute atomic E-state index is 0.0334. The first-order chi connectivity index (χ1) is 46.3. The number of esters is 3. The van der Waals surface area contributed by atoms with E-state index >= 15 is 0 Å². The van der Waals surface area contributed by atoms with Crippen molar-refractivity contribution in [3.05, 3.63) is 0 Å². The second kappa shape index (κ2) is 53.7. The molecular formula is C71H133O24P. The van der Waals surface area contributed by atoms with Crippen LogP contribution in [0.5, 0.6) is 0 Å². The van der Waals surface area contributed by atoms with E-state index in [1.54, 1.807) is 0 Å². The Kier molecular flexibility index (Phi) is 49.4. The van der Waals surface area contributed by atoms with E-state index in [-0.39, 0.29) is 19.3 Å². The summed E-state index contributed by atoms with van der Waals surface area (Å²) in [4.78, 5) is 50.9. The fourth-order valence-corrected chi connectivity index (χ4v) is 13.7. The lowest BCUT2D eigenvalue weighted by Crippen LogP contribution is -2.69. The van der Waals surface area contributed by atoms with Gasteiger partial charge in [0.1, 0.15) is 98.7 Å². The number of aliphatic hydroxyl groups excluding tert-OH is 10. The standard InChI is InChI=1S/C71H133O24P/c1-4-7-10-13-16-19-22-24-26-27-29-31-34-37-40-43-46-56(74)88-51-54-59(77)61(79)66(84)71(92-54)94-68-64(82)62(80)63(81)67(93-70-65(83)60(78)58(76)53(48-72)91-70)69(68)95-96(85,86)89-50-52(49-87-55(73)45-42-39-36-33-30-21-18-15-12-9-6-3)90-57(75)47-44-41-38-35-32-28-25-23-20-17-14-11-8-5-2/h52-54,58-72,76-84H,4-51H2,1-3H3,(H,85,86). The molecule has 96 heavy (non-hydrogen) atoms. The summed E-state index contributed by atoms with van der Waals surface area (Å²) in [6, 6.07) is 0. The predicted molar refractivity (Wildman–Crippen MR) is 361 cm³/mol. The number of unbranched alkanes of at least 4 members (excludes halogenated alkanes) is 38. The van der Waals surface area contributed by atoms with Crippen molar-refractivity contribution in [1.29, 1.82) is 0 Å². The summed E-state index contributed by atoms with van der Waals surface area (Å²) in [5, 5.41) is 110. The number of phosphoric ester groups is 1. The Morgan fingerprint density at radius 2 is 0.667 bits per heavy atom. The third-order valence-electron chi connectivity index (χ3n) is 18.9. The molecule has 18 atom stereocenters. The van der Waals surface area contributed by atoms with Crippen LogP contribution in [0.4, 0.5) is 0 Å². The van der Waals surface area contributed by atoms with Crippen molar-refractivity contribution in [2.45, 2.75) is 407 Å². The fraction of sp³-hybridized carbons (Fsp3) is 0.958. The average molecular weight is 1400 g/mol. The monoisotopic (exact) mass is 1400 g/mol. The molecule has 0 aromatic rings. The van der Waals surface area contributed by atoms with Crippen molar-refractivity contribution < 1.29 is 117 Å². The highest BCUT2D eigenvalue weighted by molar-refractivity contribution is 7.47. The number of aliphatic hydroxyl groups is 10. The summed E-state index contributed by atoms with van der Waals surface area (Å²) < 4.78 is 65.0. The zero-order chi connectivity index (χ0) is 70.4. The Bertz CT molecular complexity index is 1990. The molecule has 2 aliphatic heterocycles. The zero-order valence-electron chi connectivity index (χ0n) is 58.9. The van der Waals surface area contributed by atoms with Crippen LogP contribution in [0.3, 0.4) is 0 Å². The first-order valence-corrected chi connectivity index (χ1v) is 39.3. The summed E-state index contributed by atoms with van der Waals surface area (Å²) in [6.45, 7) is 3.46. The highest BCUT2D eigenvalue weighted by atomic mass is 31.2. The number of rotatable bonds is 59. The van der Waals surface area contributed by atoms with Gasteiger partial charge >= 0.3 is 25.7 Å². The Morgan fingerprint density at radius 3 is 1.02 bits per heavy atom. The molecule has 0 radical (unpaired) electrons. The van der Waals surface area contributed by atoms with Crippen LogP contribution >= 0.6 is 7.82 Å². The predicted octanol–water partition coefficient (Wildman–Crippen LogP) is 10.2. The Hall–Kier alpha value is -2.04. The van der Waals surface area contributed by atoms with Crippen LogP contribution in [0.1, 0.15) is 303 Å². The van der Waals surface area contributed by atoms with E-state index in [2.05, 4.69) is 20.8 Å². The van der Waals surface area contributed by atoms with Gasteiger partial charge in [0.2, 0.25) is 0 Å². The summed E-state index contributed by atoms with van der Waals surface area (Å²) >= 11 is 0. The molecule has 25 heteroatoms. The van der Waals surface area contributed by atoms with Gasteiger partial charge in [-0.1, -0.05) is 265 Å². The van der Waals surface area contributed by atoms with Gasteiger partial charge in [0.25, 0.3) is 0 Å². The van der Waals surface area contributed by atoms with Gasteiger partial charge in [0.05, 0.1) is 13.2 Å². The van der Waals surface area contributed by atoms with Gasteiger partial charge in [0.15, 0.2) is 18.7 Å². The van der Waals surface area contributed by atoms with Crippen molar-refractivity contribution in [1.82, 2.24) is 0 Å². The molecular weight excluding hydrogens is 1270 g/mol. The molecule has 0 aromatic carbocycles. The quantitative estimate of drug-likeness (QED) is 0.0117. The van der Waals surface area contributed by atoms with Crippen LogP contribution in [-0.2, 0) is 61.2 Å². The molecule has 18 unspecified atom stereocenters. The van der Waals surface area contributed by atoms with Crippen LogP contribution in [0.2, 0.25) is 0 Å². The van der Waals surface area contributed by atoms with Crippen molar-refractivity contribution in [2.24, 2.45) is 0 Å². The fourth-order valence-electron chi connectivity index (χ4n) is 12.7. The lowest BCUT2D eigenvalue weighted by Gasteiger charge is -2.49. The smallest absolute Gasteiger partial charge is 0.463 e. The van der Waals surface area contributed by atoms with Gasteiger partial charge < -0.3 is 89.1 Å². The number of hydrogen-bond donors (Lipinski definition) is 11. The molecule has 0 amide bonds. The van der Waals surface area contributed by atoms with Crippen LogP contribution in [-0.4, -0.2) is 204 Å². The molecule has 11 N–H and O–H groups in total. The van der Waals surface area contributed by atoms with Crippen LogP contribution in [0.15, 0.2) is 0 Å². The number of carbonyl (C=O) groups is 3. The van der Waals surface area contributed by atoms with E-state index in [1.165, 1.54) is 148 Å². The summed E-state index contributed by atoms with van der Waals surface area (Å²) in [5.74, 6) is -1.97. The molecule has 0 aromatic heterocycles. The van der Waals surface area contributed by atoms with E-state index in [1.807, 2.05) is 0 Å². The normalized spacial score (nSPS) is 27.9. The van der Waals surface area contributed by atoms with E-state index in [4.69, 9.17) is 42.2 Å². The molecule has 2 saturated heterocycles. The minimum atomic E-state index is -5.69. The van der Waals surface area contributed by atoms with Crippen molar-refractivity contribution in [3.63, 3.8) is 0 Å². The third kappa shape index (κ3) is 36.7. The molecule has 24 nitrogen and oxygen atoms in total. The first-order valence-electron chi connectivity index (χ1n) is 37.8. The Labute approximate surface area is 574 Å². The number of phosphoric acid groups is 1. The molecule has 3 rings (SSSR count). The molecule has 0 bridgehead atoms. The van der Waals surface area contributed by atoms with Gasteiger partial charge in [-0.15, -0.1) is 0 Å². The number of carbonyl (C=O) groups excluding carboxylic acids is 3. The lowest BCUT2D eigenvalue weighted by molar-refractivity contribution is -0.360. The van der Waals surface area contributed by atoms with Crippen LogP contribution < -0.4 is 0 Å². The highest BCUT2D eigenvalue weighted by Gasteiger charge is 2.58. The number of ether oxygens (including phenoxy) is 7. The minimum Gasteiger partial charge on any atom is -0.463 e. The second-order valence-electron chi connectivity index (χ2n) is 27.4. The van der Waals surface area contributed by atoms with Crippen molar-refractivity contribution in [2.75, 3.05) is 26.4 Å². The molecule has 2 heterocycles. The van der Waals surface area contributed by atoms with Crippen LogP contribution in [0.25, 0.3) is 0 Å². The first kappa shape index (κ1) is 88.2. The maximum atomic E-state index is 14.3.